The number of aliphatic carboxylic acids is 2. The fraction of sp³-hybridized carbons (Fsp3) is 0.750. The Bertz CT molecular complexity index is 117. The van der Waals surface area contributed by atoms with Crippen LogP contribution in [0.25, 0.3) is 0 Å². The van der Waals surface area contributed by atoms with E-state index in [2.05, 4.69) is 13.8 Å². The van der Waals surface area contributed by atoms with Crippen LogP contribution in [0.2, 0.25) is 0 Å². The first-order valence-electron chi connectivity index (χ1n) is 3.98. The maximum Gasteiger partial charge on any atom is 0.303 e. The van der Waals surface area contributed by atoms with Crippen molar-refractivity contribution in [3.8, 4) is 0 Å². The lowest BCUT2D eigenvalue weighted by atomic mass is 10.2. The van der Waals surface area contributed by atoms with Crippen molar-refractivity contribution in [3.63, 3.8) is 0 Å². The van der Waals surface area contributed by atoms with Crippen molar-refractivity contribution in [2.45, 2.75) is 39.5 Å². The SMILES string of the molecule is CCC.O=C(O)CCCC(=O)O. The summed E-state index contributed by atoms with van der Waals surface area (Å²) in [6.07, 6.45) is 1.34. The Morgan fingerprint density at radius 1 is 1.00 bits per heavy atom. The highest BCUT2D eigenvalue weighted by Gasteiger charge is 1.99. The van der Waals surface area contributed by atoms with E-state index in [4.69, 9.17) is 10.2 Å². The van der Waals surface area contributed by atoms with E-state index in [1.54, 1.807) is 0 Å². The van der Waals surface area contributed by atoms with Crippen LogP contribution < -0.4 is 0 Å². The molecular weight excluding hydrogens is 160 g/mol. The molecule has 2 N–H and O–H groups in total. The number of carbonyl (C=O) groups is 2. The van der Waals surface area contributed by atoms with Crippen LogP contribution in [0.3, 0.4) is 0 Å². The van der Waals surface area contributed by atoms with Gasteiger partial charge in [0.1, 0.15) is 0 Å². The predicted octanol–water partition coefficient (Wildman–Crippen LogP) is 1.74. The van der Waals surface area contributed by atoms with Gasteiger partial charge >= 0.3 is 11.9 Å². The second-order valence-corrected chi connectivity index (χ2v) is 2.35. The third-order valence-corrected chi connectivity index (χ3v) is 0.781. The molecule has 0 spiro atoms. The van der Waals surface area contributed by atoms with Crippen LogP contribution in [0.4, 0.5) is 0 Å². The van der Waals surface area contributed by atoms with Gasteiger partial charge in [0.05, 0.1) is 0 Å². The van der Waals surface area contributed by atoms with Gasteiger partial charge in [-0.15, -0.1) is 0 Å². The van der Waals surface area contributed by atoms with Crippen LogP contribution in [0.1, 0.15) is 39.5 Å². The fourth-order valence-electron chi connectivity index (χ4n) is 0.391. The largest absolute Gasteiger partial charge is 0.481 e. The van der Waals surface area contributed by atoms with Crippen LogP contribution in [0.15, 0.2) is 0 Å². The van der Waals surface area contributed by atoms with Crippen LogP contribution in [-0.4, -0.2) is 22.2 Å². The molecule has 0 fully saturated rings. The Morgan fingerprint density at radius 3 is 1.42 bits per heavy atom. The lowest BCUT2D eigenvalue weighted by Gasteiger charge is -1.89. The average molecular weight is 176 g/mol. The summed E-state index contributed by atoms with van der Waals surface area (Å²) < 4.78 is 0. The van der Waals surface area contributed by atoms with Gasteiger partial charge in [-0.2, -0.15) is 0 Å². The van der Waals surface area contributed by atoms with E-state index in [-0.39, 0.29) is 19.3 Å². The molecule has 0 rings (SSSR count). The highest BCUT2D eigenvalue weighted by atomic mass is 16.4. The molecule has 0 unspecified atom stereocenters. The molecule has 12 heavy (non-hydrogen) atoms. The van der Waals surface area contributed by atoms with Crippen molar-refractivity contribution in [1.82, 2.24) is 0 Å². The Kier molecular flexibility index (Phi) is 11.2. The lowest BCUT2D eigenvalue weighted by Crippen LogP contribution is -1.98. The van der Waals surface area contributed by atoms with E-state index in [0.717, 1.165) is 0 Å². The lowest BCUT2D eigenvalue weighted by molar-refractivity contribution is -0.138. The molecule has 0 aliphatic rings. The summed E-state index contributed by atoms with van der Waals surface area (Å²) in [7, 11) is 0. The Labute approximate surface area is 72.2 Å². The van der Waals surface area contributed by atoms with Gasteiger partial charge in [0, 0.05) is 12.8 Å². The minimum atomic E-state index is -0.948. The molecule has 0 aromatic heterocycles. The Balaban J connectivity index is 0. The number of hydrogen-bond acceptors (Lipinski definition) is 2. The second-order valence-electron chi connectivity index (χ2n) is 2.35. The van der Waals surface area contributed by atoms with Gasteiger partial charge in [0.15, 0.2) is 0 Å². The molecule has 0 heterocycles. The zero-order chi connectivity index (χ0) is 9.98. The summed E-state index contributed by atoms with van der Waals surface area (Å²) in [4.78, 5) is 19.6. The predicted molar refractivity (Wildman–Crippen MR) is 45.1 cm³/mol. The number of hydrogen-bond donors (Lipinski definition) is 2. The highest BCUT2D eigenvalue weighted by molar-refractivity contribution is 5.69. The van der Waals surface area contributed by atoms with Crippen molar-refractivity contribution in [3.05, 3.63) is 0 Å². The second kappa shape index (κ2) is 9.94. The summed E-state index contributed by atoms with van der Waals surface area (Å²) in [5, 5.41) is 16.1. The summed E-state index contributed by atoms with van der Waals surface area (Å²) >= 11 is 0. The standard InChI is InChI=1S/C5H8O4.C3H8/c6-4(7)2-1-3-5(8)9;1-3-2/h1-3H2,(H,6,7)(H,8,9);3H2,1-2H3. The normalized spacial score (nSPS) is 8.17. The first-order valence-corrected chi connectivity index (χ1v) is 3.98. The molecule has 0 atom stereocenters. The molecule has 72 valence electrons. The molecule has 0 aromatic rings. The fourth-order valence-corrected chi connectivity index (χ4v) is 0.391. The third-order valence-electron chi connectivity index (χ3n) is 0.781. The molecule has 4 nitrogen and oxygen atoms in total. The van der Waals surface area contributed by atoms with Crippen molar-refractivity contribution in [2.24, 2.45) is 0 Å². The first kappa shape index (κ1) is 13.5. The number of carboxylic acid groups (broad SMARTS) is 2. The summed E-state index contributed by atoms with van der Waals surface area (Å²) in [6, 6.07) is 0. The van der Waals surface area contributed by atoms with Crippen molar-refractivity contribution >= 4 is 11.9 Å². The summed E-state index contributed by atoms with van der Waals surface area (Å²) in [5.41, 5.74) is 0. The zero-order valence-electron chi connectivity index (χ0n) is 7.54. The minimum absolute atomic E-state index is 0.0632. The van der Waals surface area contributed by atoms with Crippen LogP contribution in [-0.2, 0) is 9.59 Å². The molecule has 0 aromatic carbocycles. The maximum absolute atomic E-state index is 9.79. The van der Waals surface area contributed by atoms with Gasteiger partial charge in [-0.1, -0.05) is 20.3 Å². The van der Waals surface area contributed by atoms with E-state index >= 15 is 0 Å². The molecule has 0 radical (unpaired) electrons. The molecular formula is C8H16O4. The molecule has 4 heteroatoms. The van der Waals surface area contributed by atoms with Crippen LogP contribution in [0.5, 0.6) is 0 Å². The monoisotopic (exact) mass is 176 g/mol. The molecule has 0 aliphatic heterocycles. The maximum atomic E-state index is 9.79. The van der Waals surface area contributed by atoms with E-state index < -0.39 is 11.9 Å². The molecule has 0 aliphatic carbocycles. The first-order chi connectivity index (χ1) is 5.54. The molecule has 0 saturated carbocycles. The van der Waals surface area contributed by atoms with E-state index in [0.29, 0.717) is 0 Å². The summed E-state index contributed by atoms with van der Waals surface area (Å²) in [5.74, 6) is -1.90. The van der Waals surface area contributed by atoms with E-state index in [1.807, 2.05) is 0 Å². The van der Waals surface area contributed by atoms with Crippen molar-refractivity contribution in [2.75, 3.05) is 0 Å². The number of carboxylic acids is 2. The summed E-state index contributed by atoms with van der Waals surface area (Å²) in [6.45, 7) is 4.25. The molecule has 0 bridgehead atoms. The van der Waals surface area contributed by atoms with E-state index in [9.17, 15) is 9.59 Å². The van der Waals surface area contributed by atoms with Gasteiger partial charge in [-0.3, -0.25) is 9.59 Å². The minimum Gasteiger partial charge on any atom is -0.481 e. The van der Waals surface area contributed by atoms with Gasteiger partial charge in [-0.25, -0.2) is 0 Å². The van der Waals surface area contributed by atoms with E-state index in [1.165, 1.54) is 6.42 Å². The zero-order valence-corrected chi connectivity index (χ0v) is 7.54. The topological polar surface area (TPSA) is 74.6 Å². The molecule has 0 saturated heterocycles. The van der Waals surface area contributed by atoms with Gasteiger partial charge in [0.25, 0.3) is 0 Å². The van der Waals surface area contributed by atoms with Crippen molar-refractivity contribution in [1.29, 1.82) is 0 Å². The number of rotatable bonds is 4. The van der Waals surface area contributed by atoms with Gasteiger partial charge in [-0.05, 0) is 6.42 Å². The quantitative estimate of drug-likeness (QED) is 0.684. The molecule has 0 amide bonds. The Morgan fingerprint density at radius 2 is 1.25 bits per heavy atom. The van der Waals surface area contributed by atoms with Gasteiger partial charge in [0.2, 0.25) is 0 Å². The van der Waals surface area contributed by atoms with Crippen LogP contribution >= 0.6 is 0 Å². The van der Waals surface area contributed by atoms with Crippen LogP contribution in [0, 0.1) is 0 Å². The highest BCUT2D eigenvalue weighted by Crippen LogP contribution is 1.93. The average Bonchev–Trinajstić information content (AvgIpc) is 1.87. The Hall–Kier alpha value is -1.06. The van der Waals surface area contributed by atoms with Gasteiger partial charge < -0.3 is 10.2 Å². The van der Waals surface area contributed by atoms with Crippen molar-refractivity contribution < 1.29 is 19.8 Å². The third kappa shape index (κ3) is 23.1. The smallest absolute Gasteiger partial charge is 0.303 e.